The first kappa shape index (κ1) is 14.6. The highest BCUT2D eigenvalue weighted by molar-refractivity contribution is 6.30. The topological polar surface area (TPSA) is 44.5 Å². The van der Waals surface area contributed by atoms with Gasteiger partial charge in [0.15, 0.2) is 11.6 Å². The van der Waals surface area contributed by atoms with Crippen molar-refractivity contribution in [1.82, 2.24) is 0 Å². The van der Waals surface area contributed by atoms with Gasteiger partial charge in [0.2, 0.25) is 0 Å². The summed E-state index contributed by atoms with van der Waals surface area (Å²) in [5.74, 6) is 0.263. The molecule has 0 unspecified atom stereocenters. The Labute approximate surface area is 122 Å². The van der Waals surface area contributed by atoms with Crippen molar-refractivity contribution in [2.75, 3.05) is 7.11 Å². The molecule has 0 saturated carbocycles. The van der Waals surface area contributed by atoms with E-state index >= 15 is 0 Å². The number of ether oxygens (including phenoxy) is 2. The molecule has 0 heterocycles. The second kappa shape index (κ2) is 6.59. The third-order valence-corrected chi connectivity index (χ3v) is 3.17. The lowest BCUT2D eigenvalue weighted by atomic mass is 10.1. The molecule has 0 aromatic heterocycles. The van der Waals surface area contributed by atoms with Crippen LogP contribution in [0.3, 0.4) is 0 Å². The maximum atomic E-state index is 13.7. The molecule has 2 aromatic carbocycles. The number of hydrogen-bond donors (Lipinski definition) is 1. The minimum atomic E-state index is -0.556. The molecule has 0 amide bonds. The molecule has 0 fully saturated rings. The standard InChI is InChI=1S/C15H15ClFNO2/c1-19-14-7-10(5-6-11(14)8-18)9-20-13-4-2-3-12(16)15(13)17/h2-7H,8-9,18H2,1H3. The fourth-order valence-corrected chi connectivity index (χ4v) is 1.97. The summed E-state index contributed by atoms with van der Waals surface area (Å²) < 4.78 is 24.3. The Balaban J connectivity index is 2.13. The molecule has 0 saturated heterocycles. The quantitative estimate of drug-likeness (QED) is 0.918. The third kappa shape index (κ3) is 3.21. The van der Waals surface area contributed by atoms with Crippen molar-refractivity contribution in [1.29, 1.82) is 0 Å². The van der Waals surface area contributed by atoms with E-state index in [-0.39, 0.29) is 17.4 Å². The second-order valence-electron chi connectivity index (χ2n) is 4.19. The largest absolute Gasteiger partial charge is 0.496 e. The van der Waals surface area contributed by atoms with Crippen molar-refractivity contribution in [3.05, 3.63) is 58.4 Å². The van der Waals surface area contributed by atoms with Gasteiger partial charge in [-0.3, -0.25) is 0 Å². The Morgan fingerprint density at radius 3 is 2.70 bits per heavy atom. The van der Waals surface area contributed by atoms with E-state index in [9.17, 15) is 4.39 Å². The van der Waals surface area contributed by atoms with Gasteiger partial charge in [0, 0.05) is 12.1 Å². The van der Waals surface area contributed by atoms with Gasteiger partial charge in [-0.2, -0.15) is 0 Å². The minimum Gasteiger partial charge on any atom is -0.496 e. The fourth-order valence-electron chi connectivity index (χ4n) is 1.80. The lowest BCUT2D eigenvalue weighted by Crippen LogP contribution is -2.02. The van der Waals surface area contributed by atoms with E-state index in [1.165, 1.54) is 12.1 Å². The monoisotopic (exact) mass is 295 g/mol. The van der Waals surface area contributed by atoms with Gasteiger partial charge in [-0.1, -0.05) is 29.8 Å². The zero-order valence-corrected chi connectivity index (χ0v) is 11.8. The minimum absolute atomic E-state index is 0.0403. The number of hydrogen-bond acceptors (Lipinski definition) is 3. The summed E-state index contributed by atoms with van der Waals surface area (Å²) >= 11 is 5.69. The van der Waals surface area contributed by atoms with Crippen LogP contribution in [-0.2, 0) is 13.2 Å². The molecule has 3 nitrogen and oxygen atoms in total. The van der Waals surface area contributed by atoms with Crippen LogP contribution in [-0.4, -0.2) is 7.11 Å². The lowest BCUT2D eigenvalue weighted by molar-refractivity contribution is 0.289. The Kier molecular flexibility index (Phi) is 4.82. The van der Waals surface area contributed by atoms with Crippen LogP contribution in [0, 0.1) is 5.82 Å². The van der Waals surface area contributed by atoms with Crippen LogP contribution < -0.4 is 15.2 Å². The third-order valence-electron chi connectivity index (χ3n) is 2.88. The Morgan fingerprint density at radius 2 is 2.00 bits per heavy atom. The van der Waals surface area contributed by atoms with Crippen molar-refractivity contribution in [2.24, 2.45) is 5.73 Å². The molecule has 0 aliphatic heterocycles. The van der Waals surface area contributed by atoms with Crippen molar-refractivity contribution < 1.29 is 13.9 Å². The molecule has 0 radical (unpaired) electrons. The molecular formula is C15H15ClFNO2. The van der Waals surface area contributed by atoms with Crippen molar-refractivity contribution >= 4 is 11.6 Å². The van der Waals surface area contributed by atoms with Crippen molar-refractivity contribution in [3.8, 4) is 11.5 Å². The highest BCUT2D eigenvalue weighted by Crippen LogP contribution is 2.26. The van der Waals surface area contributed by atoms with Gasteiger partial charge >= 0.3 is 0 Å². The van der Waals surface area contributed by atoms with E-state index in [4.69, 9.17) is 26.8 Å². The molecule has 0 aliphatic rings. The van der Waals surface area contributed by atoms with Crippen LogP contribution in [0.15, 0.2) is 36.4 Å². The Hall–Kier alpha value is -1.78. The fraction of sp³-hybridized carbons (Fsp3) is 0.200. The second-order valence-corrected chi connectivity index (χ2v) is 4.60. The normalized spacial score (nSPS) is 10.4. The Bertz CT molecular complexity index is 604. The van der Waals surface area contributed by atoms with Gasteiger partial charge < -0.3 is 15.2 Å². The van der Waals surface area contributed by atoms with E-state index < -0.39 is 5.82 Å². The van der Waals surface area contributed by atoms with Crippen LogP contribution in [0.25, 0.3) is 0 Å². The van der Waals surface area contributed by atoms with E-state index in [0.717, 1.165) is 11.1 Å². The first-order valence-corrected chi connectivity index (χ1v) is 6.46. The summed E-state index contributed by atoms with van der Waals surface area (Å²) in [7, 11) is 1.58. The lowest BCUT2D eigenvalue weighted by Gasteiger charge is -2.11. The summed E-state index contributed by atoms with van der Waals surface area (Å²) in [5.41, 5.74) is 7.37. The average Bonchev–Trinajstić information content (AvgIpc) is 2.48. The van der Waals surface area contributed by atoms with Crippen LogP contribution in [0.1, 0.15) is 11.1 Å². The smallest absolute Gasteiger partial charge is 0.183 e. The highest BCUT2D eigenvalue weighted by Gasteiger charge is 2.08. The van der Waals surface area contributed by atoms with Crippen LogP contribution >= 0.6 is 11.6 Å². The summed E-state index contributed by atoms with van der Waals surface area (Å²) in [5, 5.41) is 0.0403. The van der Waals surface area contributed by atoms with Gasteiger partial charge in [-0.25, -0.2) is 4.39 Å². The molecule has 2 N–H and O–H groups in total. The van der Waals surface area contributed by atoms with E-state index in [1.54, 1.807) is 13.2 Å². The van der Waals surface area contributed by atoms with Crippen molar-refractivity contribution in [2.45, 2.75) is 13.2 Å². The van der Waals surface area contributed by atoms with Crippen LogP contribution in [0.2, 0.25) is 5.02 Å². The Morgan fingerprint density at radius 1 is 1.20 bits per heavy atom. The van der Waals surface area contributed by atoms with Gasteiger partial charge in [0.05, 0.1) is 12.1 Å². The number of methoxy groups -OCH3 is 1. The number of nitrogens with two attached hydrogens (primary N) is 1. The average molecular weight is 296 g/mol. The SMILES string of the molecule is COc1cc(COc2cccc(Cl)c2F)ccc1CN. The maximum absolute atomic E-state index is 13.7. The summed E-state index contributed by atoms with van der Waals surface area (Å²) in [4.78, 5) is 0. The number of halogens is 2. The molecule has 2 aromatic rings. The zero-order chi connectivity index (χ0) is 14.5. The molecule has 2 rings (SSSR count). The maximum Gasteiger partial charge on any atom is 0.183 e. The molecule has 0 bridgehead atoms. The highest BCUT2D eigenvalue weighted by atomic mass is 35.5. The predicted octanol–water partition coefficient (Wildman–Crippen LogP) is 3.53. The molecule has 106 valence electrons. The van der Waals surface area contributed by atoms with Gasteiger partial charge in [0.25, 0.3) is 0 Å². The predicted molar refractivity (Wildman–Crippen MR) is 76.6 cm³/mol. The molecule has 0 spiro atoms. The van der Waals surface area contributed by atoms with E-state index in [1.807, 2.05) is 18.2 Å². The molecule has 5 heteroatoms. The van der Waals surface area contributed by atoms with Gasteiger partial charge in [-0.15, -0.1) is 0 Å². The molecule has 20 heavy (non-hydrogen) atoms. The summed E-state index contributed by atoms with van der Waals surface area (Å²) in [6.07, 6.45) is 0. The number of benzene rings is 2. The summed E-state index contributed by atoms with van der Waals surface area (Å²) in [6.45, 7) is 0.617. The summed E-state index contributed by atoms with van der Waals surface area (Å²) in [6, 6.07) is 10.2. The zero-order valence-electron chi connectivity index (χ0n) is 11.0. The number of rotatable bonds is 5. The molecule has 0 aliphatic carbocycles. The van der Waals surface area contributed by atoms with Crippen molar-refractivity contribution in [3.63, 3.8) is 0 Å². The van der Waals surface area contributed by atoms with Crippen LogP contribution in [0.4, 0.5) is 4.39 Å². The first-order valence-electron chi connectivity index (χ1n) is 6.08. The van der Waals surface area contributed by atoms with Crippen LogP contribution in [0.5, 0.6) is 11.5 Å². The van der Waals surface area contributed by atoms with Gasteiger partial charge in [-0.05, 0) is 23.8 Å². The van der Waals surface area contributed by atoms with Gasteiger partial charge in [0.1, 0.15) is 12.4 Å². The first-order chi connectivity index (χ1) is 9.65. The van der Waals surface area contributed by atoms with E-state index in [0.29, 0.717) is 12.3 Å². The molecule has 0 atom stereocenters. The van der Waals surface area contributed by atoms with E-state index in [2.05, 4.69) is 0 Å². The molecular weight excluding hydrogens is 281 g/mol.